The molecule has 1 aromatic rings. The van der Waals surface area contributed by atoms with Crippen molar-refractivity contribution in [1.29, 1.82) is 0 Å². The number of hydrogen-bond donors (Lipinski definition) is 1. The van der Waals surface area contributed by atoms with E-state index < -0.39 is 21.2 Å². The molecule has 94 valence electrons. The Balaban J connectivity index is 2.57. The summed E-state index contributed by atoms with van der Waals surface area (Å²) in [4.78, 5) is -0.218. The van der Waals surface area contributed by atoms with Gasteiger partial charge in [-0.3, -0.25) is 0 Å². The second kappa shape index (κ2) is 4.07. The average molecular weight is 257 g/mol. The van der Waals surface area contributed by atoms with E-state index in [1.165, 1.54) is 6.07 Å². The van der Waals surface area contributed by atoms with Crippen molar-refractivity contribution in [3.05, 3.63) is 29.6 Å². The Morgan fingerprint density at radius 2 is 2.12 bits per heavy atom. The molecule has 3 nitrogen and oxygen atoms in total. The van der Waals surface area contributed by atoms with Crippen molar-refractivity contribution >= 4 is 9.84 Å². The van der Waals surface area contributed by atoms with Gasteiger partial charge in [0.15, 0.2) is 9.84 Å². The first kappa shape index (κ1) is 12.5. The first-order valence-corrected chi connectivity index (χ1v) is 7.48. The summed E-state index contributed by atoms with van der Waals surface area (Å²) in [5, 5.41) is 3.23. The van der Waals surface area contributed by atoms with Gasteiger partial charge in [-0.25, -0.2) is 12.8 Å². The van der Waals surface area contributed by atoms with Crippen molar-refractivity contribution in [2.45, 2.75) is 30.2 Å². The van der Waals surface area contributed by atoms with Crippen LogP contribution >= 0.6 is 0 Å². The fourth-order valence-electron chi connectivity index (χ4n) is 2.35. The molecule has 1 atom stereocenters. The lowest BCUT2D eigenvalue weighted by molar-refractivity contribution is 0.405. The fraction of sp³-hybridized carbons (Fsp3) is 0.500. The van der Waals surface area contributed by atoms with Gasteiger partial charge in [0.25, 0.3) is 0 Å². The number of sulfone groups is 1. The Morgan fingerprint density at radius 3 is 2.65 bits per heavy atom. The Bertz CT molecular complexity index is 533. The quantitative estimate of drug-likeness (QED) is 0.879. The molecule has 0 amide bonds. The first-order chi connectivity index (χ1) is 7.84. The molecule has 0 spiro atoms. The second-order valence-corrected chi connectivity index (χ2v) is 6.74. The largest absolute Gasteiger partial charge is 0.308 e. The van der Waals surface area contributed by atoms with Crippen LogP contribution in [0.3, 0.4) is 0 Å². The molecule has 0 radical (unpaired) electrons. The molecule has 2 rings (SSSR count). The molecule has 1 aliphatic heterocycles. The first-order valence-electron chi connectivity index (χ1n) is 5.59. The summed E-state index contributed by atoms with van der Waals surface area (Å²) in [7, 11) is -3.52. The number of rotatable bonds is 2. The van der Waals surface area contributed by atoms with E-state index in [1.54, 1.807) is 12.1 Å². The van der Waals surface area contributed by atoms with E-state index >= 15 is 0 Å². The summed E-state index contributed by atoms with van der Waals surface area (Å²) >= 11 is 0. The van der Waals surface area contributed by atoms with Crippen molar-refractivity contribution in [2.75, 3.05) is 12.8 Å². The molecule has 0 aromatic heterocycles. The monoisotopic (exact) mass is 257 g/mol. The normalized spacial score (nSPS) is 25.1. The summed E-state index contributed by atoms with van der Waals surface area (Å²) in [5.41, 5.74) is -0.0111. The van der Waals surface area contributed by atoms with E-state index in [0.29, 0.717) is 5.56 Å². The lowest BCUT2D eigenvalue weighted by Crippen LogP contribution is -2.34. The highest BCUT2D eigenvalue weighted by Crippen LogP contribution is 2.33. The van der Waals surface area contributed by atoms with E-state index in [1.807, 2.05) is 6.92 Å². The molecule has 1 unspecified atom stereocenters. The van der Waals surface area contributed by atoms with Gasteiger partial charge in [0, 0.05) is 17.4 Å². The van der Waals surface area contributed by atoms with Crippen LogP contribution in [0.2, 0.25) is 0 Å². The Labute approximate surface area is 101 Å². The molecule has 1 heterocycles. The average Bonchev–Trinajstić information content (AvgIpc) is 2.64. The predicted octanol–water partition coefficient (Wildman–Crippen LogP) is 1.83. The van der Waals surface area contributed by atoms with Crippen LogP contribution in [0.4, 0.5) is 4.39 Å². The fourth-order valence-corrected chi connectivity index (χ4v) is 3.11. The van der Waals surface area contributed by atoms with Crippen molar-refractivity contribution in [3.63, 3.8) is 0 Å². The smallest absolute Gasteiger partial charge is 0.178 e. The van der Waals surface area contributed by atoms with Gasteiger partial charge in [-0.05, 0) is 32.4 Å². The molecule has 17 heavy (non-hydrogen) atoms. The number of hydrogen-bond acceptors (Lipinski definition) is 3. The SMILES string of the molecule is CC1(c2cccc(S(C)(=O)=O)c2F)CCCN1. The molecule has 1 N–H and O–H groups in total. The molecule has 0 aliphatic carbocycles. The van der Waals surface area contributed by atoms with Crippen LogP contribution in [-0.4, -0.2) is 21.2 Å². The van der Waals surface area contributed by atoms with E-state index in [4.69, 9.17) is 0 Å². The van der Waals surface area contributed by atoms with Crippen LogP contribution < -0.4 is 5.32 Å². The third-order valence-corrected chi connectivity index (χ3v) is 4.44. The molecular weight excluding hydrogens is 241 g/mol. The van der Waals surface area contributed by atoms with Crippen LogP contribution in [0.15, 0.2) is 23.1 Å². The van der Waals surface area contributed by atoms with Crippen LogP contribution in [0.5, 0.6) is 0 Å². The molecule has 0 saturated carbocycles. The summed E-state index contributed by atoms with van der Waals surface area (Å²) in [5.74, 6) is -0.619. The molecule has 1 aliphatic rings. The Morgan fingerprint density at radius 1 is 1.41 bits per heavy atom. The third kappa shape index (κ3) is 2.21. The van der Waals surface area contributed by atoms with E-state index in [9.17, 15) is 12.8 Å². The minimum absolute atomic E-state index is 0.218. The van der Waals surface area contributed by atoms with Gasteiger partial charge < -0.3 is 5.32 Å². The molecule has 1 fully saturated rings. The lowest BCUT2D eigenvalue weighted by atomic mass is 9.90. The molecule has 1 saturated heterocycles. The molecule has 0 bridgehead atoms. The zero-order chi connectivity index (χ0) is 12.7. The highest BCUT2D eigenvalue weighted by molar-refractivity contribution is 7.90. The number of halogens is 1. The Kier molecular flexibility index (Phi) is 2.99. The van der Waals surface area contributed by atoms with E-state index in [-0.39, 0.29) is 4.90 Å². The lowest BCUT2D eigenvalue weighted by Gasteiger charge is -2.26. The third-order valence-electron chi connectivity index (χ3n) is 3.33. The highest BCUT2D eigenvalue weighted by atomic mass is 32.2. The van der Waals surface area contributed by atoms with Crippen LogP contribution in [0.1, 0.15) is 25.3 Å². The van der Waals surface area contributed by atoms with E-state index in [2.05, 4.69) is 5.32 Å². The van der Waals surface area contributed by atoms with Crippen molar-refractivity contribution < 1.29 is 12.8 Å². The van der Waals surface area contributed by atoms with Gasteiger partial charge >= 0.3 is 0 Å². The molecule has 5 heteroatoms. The predicted molar refractivity (Wildman–Crippen MR) is 64.1 cm³/mol. The van der Waals surface area contributed by atoms with Gasteiger partial charge in [0.05, 0.1) is 0 Å². The van der Waals surface area contributed by atoms with Crippen LogP contribution in [0.25, 0.3) is 0 Å². The number of nitrogens with one attached hydrogen (secondary N) is 1. The van der Waals surface area contributed by atoms with Gasteiger partial charge in [0.2, 0.25) is 0 Å². The maximum Gasteiger partial charge on any atom is 0.178 e. The van der Waals surface area contributed by atoms with Gasteiger partial charge in [-0.15, -0.1) is 0 Å². The van der Waals surface area contributed by atoms with Crippen molar-refractivity contribution in [1.82, 2.24) is 5.32 Å². The zero-order valence-corrected chi connectivity index (χ0v) is 10.8. The van der Waals surface area contributed by atoms with Gasteiger partial charge in [-0.2, -0.15) is 0 Å². The van der Waals surface area contributed by atoms with Gasteiger partial charge in [0.1, 0.15) is 10.7 Å². The van der Waals surface area contributed by atoms with E-state index in [0.717, 1.165) is 25.6 Å². The maximum absolute atomic E-state index is 14.2. The zero-order valence-electron chi connectivity index (χ0n) is 9.96. The van der Waals surface area contributed by atoms with Crippen LogP contribution in [-0.2, 0) is 15.4 Å². The molecular formula is C12H16FNO2S. The summed E-state index contributed by atoms with van der Waals surface area (Å²) in [6, 6.07) is 4.56. The summed E-state index contributed by atoms with van der Waals surface area (Å²) in [6.07, 6.45) is 2.82. The van der Waals surface area contributed by atoms with Crippen molar-refractivity contribution in [3.8, 4) is 0 Å². The maximum atomic E-state index is 14.2. The number of benzene rings is 1. The Hall–Kier alpha value is -0.940. The molecule has 1 aromatic carbocycles. The highest BCUT2D eigenvalue weighted by Gasteiger charge is 2.34. The second-order valence-electron chi connectivity index (χ2n) is 4.75. The van der Waals surface area contributed by atoms with Gasteiger partial charge in [-0.1, -0.05) is 12.1 Å². The minimum Gasteiger partial charge on any atom is -0.308 e. The topological polar surface area (TPSA) is 46.2 Å². The summed E-state index contributed by atoms with van der Waals surface area (Å²) < 4.78 is 37.2. The standard InChI is InChI=1S/C12H16FNO2S/c1-12(7-4-8-14-12)9-5-3-6-10(11(9)13)17(2,15)16/h3,5-6,14H,4,7-8H2,1-2H3. The minimum atomic E-state index is -3.52. The van der Waals surface area contributed by atoms with Crippen molar-refractivity contribution in [2.24, 2.45) is 0 Å². The van der Waals surface area contributed by atoms with Crippen LogP contribution in [0, 0.1) is 5.82 Å². The summed E-state index contributed by atoms with van der Waals surface area (Å²) in [6.45, 7) is 2.74.